The highest BCUT2D eigenvalue weighted by Crippen LogP contribution is 2.17. The molecule has 0 aromatic heterocycles. The van der Waals surface area contributed by atoms with E-state index in [1.807, 2.05) is 24.3 Å². The summed E-state index contributed by atoms with van der Waals surface area (Å²) in [6, 6.07) is 14.1. The van der Waals surface area contributed by atoms with Crippen LogP contribution >= 0.6 is 11.6 Å². The largest absolute Gasteiger partial charge is 0.296 e. The standard InChI is InChI=1S/C20H22ClFN4O/c21-18-7-3-1-6-17(18)14-25-9-11-26(12-10-25)15-20(27)24-23-13-16-5-2-4-8-19(16)22/h1-8,13H,9-12,14-15H2,(H,24,27)/b23-13+. The van der Waals surface area contributed by atoms with Crippen LogP contribution in [0.4, 0.5) is 4.39 Å². The number of rotatable bonds is 6. The average molecular weight is 389 g/mol. The third-order valence-corrected chi connectivity index (χ3v) is 4.85. The maximum absolute atomic E-state index is 13.5. The maximum atomic E-state index is 13.5. The Morgan fingerprint density at radius 3 is 2.48 bits per heavy atom. The highest BCUT2D eigenvalue weighted by molar-refractivity contribution is 6.31. The Labute approximate surface area is 163 Å². The third-order valence-electron chi connectivity index (χ3n) is 4.48. The lowest BCUT2D eigenvalue weighted by atomic mass is 10.2. The van der Waals surface area contributed by atoms with Gasteiger partial charge in [0.15, 0.2) is 0 Å². The van der Waals surface area contributed by atoms with Gasteiger partial charge >= 0.3 is 0 Å². The van der Waals surface area contributed by atoms with Gasteiger partial charge in [-0.3, -0.25) is 14.6 Å². The minimum absolute atomic E-state index is 0.206. The summed E-state index contributed by atoms with van der Waals surface area (Å²) >= 11 is 6.22. The molecular weight excluding hydrogens is 367 g/mol. The maximum Gasteiger partial charge on any atom is 0.254 e. The summed E-state index contributed by atoms with van der Waals surface area (Å²) in [6.45, 7) is 4.43. The van der Waals surface area contributed by atoms with Crippen molar-refractivity contribution in [2.45, 2.75) is 6.54 Å². The molecule has 0 saturated carbocycles. The molecule has 1 saturated heterocycles. The van der Waals surface area contributed by atoms with Gasteiger partial charge in [0, 0.05) is 43.3 Å². The zero-order valence-electron chi connectivity index (χ0n) is 14.9. The number of benzene rings is 2. The van der Waals surface area contributed by atoms with Gasteiger partial charge in [0.1, 0.15) is 5.82 Å². The molecule has 1 aliphatic heterocycles. The normalized spacial score (nSPS) is 15.9. The molecule has 2 aromatic carbocycles. The van der Waals surface area contributed by atoms with Crippen LogP contribution in [-0.2, 0) is 11.3 Å². The number of hydrogen-bond donors (Lipinski definition) is 1. The Bertz CT molecular complexity index is 806. The lowest BCUT2D eigenvalue weighted by molar-refractivity contribution is -0.122. The van der Waals surface area contributed by atoms with Gasteiger partial charge in [-0.25, -0.2) is 9.82 Å². The van der Waals surface area contributed by atoms with Crippen LogP contribution in [0.3, 0.4) is 0 Å². The van der Waals surface area contributed by atoms with Crippen molar-refractivity contribution in [1.82, 2.24) is 15.2 Å². The first-order valence-electron chi connectivity index (χ1n) is 8.86. The van der Waals surface area contributed by atoms with Gasteiger partial charge in [-0.15, -0.1) is 0 Å². The number of hydrazone groups is 1. The Morgan fingerprint density at radius 1 is 1.07 bits per heavy atom. The number of nitrogens with zero attached hydrogens (tertiary/aromatic N) is 3. The van der Waals surface area contributed by atoms with Crippen LogP contribution in [0.5, 0.6) is 0 Å². The van der Waals surface area contributed by atoms with E-state index in [0.717, 1.165) is 43.3 Å². The fraction of sp³-hybridized carbons (Fsp3) is 0.300. The molecule has 0 spiro atoms. The van der Waals surface area contributed by atoms with E-state index in [1.165, 1.54) is 12.3 Å². The number of hydrogen-bond acceptors (Lipinski definition) is 4. The SMILES string of the molecule is O=C(CN1CCN(Cc2ccccc2Cl)CC1)N/N=C/c1ccccc1F. The average Bonchev–Trinajstić information content (AvgIpc) is 2.67. The van der Waals surface area contributed by atoms with Gasteiger partial charge in [-0.05, 0) is 17.7 Å². The molecule has 1 fully saturated rings. The van der Waals surface area contributed by atoms with E-state index in [0.29, 0.717) is 5.56 Å². The fourth-order valence-corrected chi connectivity index (χ4v) is 3.16. The van der Waals surface area contributed by atoms with E-state index < -0.39 is 0 Å². The van der Waals surface area contributed by atoms with Crippen molar-refractivity contribution in [2.24, 2.45) is 5.10 Å². The van der Waals surface area contributed by atoms with E-state index in [1.54, 1.807) is 18.2 Å². The first kappa shape index (κ1) is 19.5. The van der Waals surface area contributed by atoms with Crippen molar-refractivity contribution in [2.75, 3.05) is 32.7 Å². The number of carbonyl (C=O) groups excluding carboxylic acids is 1. The molecule has 0 bridgehead atoms. The molecule has 0 atom stereocenters. The Hall–Kier alpha value is -2.28. The van der Waals surface area contributed by atoms with Crippen LogP contribution in [0.15, 0.2) is 53.6 Å². The third kappa shape index (κ3) is 5.85. The molecule has 1 aliphatic rings. The molecule has 0 aliphatic carbocycles. The molecule has 0 unspecified atom stereocenters. The van der Waals surface area contributed by atoms with E-state index in [9.17, 15) is 9.18 Å². The summed E-state index contributed by atoms with van der Waals surface area (Å²) in [5.74, 6) is -0.577. The van der Waals surface area contributed by atoms with E-state index >= 15 is 0 Å². The highest BCUT2D eigenvalue weighted by Gasteiger charge is 2.19. The molecule has 1 heterocycles. The second-order valence-electron chi connectivity index (χ2n) is 6.46. The summed E-state index contributed by atoms with van der Waals surface area (Å²) in [7, 11) is 0. The van der Waals surface area contributed by atoms with E-state index in [-0.39, 0.29) is 18.3 Å². The first-order valence-corrected chi connectivity index (χ1v) is 9.24. The number of halogens is 2. The summed E-state index contributed by atoms with van der Waals surface area (Å²) < 4.78 is 13.5. The molecule has 0 radical (unpaired) electrons. The summed E-state index contributed by atoms with van der Waals surface area (Å²) in [5, 5.41) is 4.62. The van der Waals surface area contributed by atoms with Crippen molar-refractivity contribution in [3.05, 3.63) is 70.5 Å². The van der Waals surface area contributed by atoms with Crippen LogP contribution in [-0.4, -0.2) is 54.6 Å². The predicted octanol–water partition coefficient (Wildman–Crippen LogP) is 2.75. The summed E-state index contributed by atoms with van der Waals surface area (Å²) in [5.41, 5.74) is 3.91. The van der Waals surface area contributed by atoms with Crippen LogP contribution in [0.1, 0.15) is 11.1 Å². The monoisotopic (exact) mass is 388 g/mol. The van der Waals surface area contributed by atoms with Crippen molar-refractivity contribution in [3.8, 4) is 0 Å². The molecule has 3 rings (SSSR count). The van der Waals surface area contributed by atoms with Gasteiger partial charge < -0.3 is 0 Å². The minimum atomic E-state index is -0.370. The summed E-state index contributed by atoms with van der Waals surface area (Å²) in [6.07, 6.45) is 1.31. The number of carbonyl (C=O) groups is 1. The number of piperazine rings is 1. The van der Waals surface area contributed by atoms with Crippen molar-refractivity contribution in [1.29, 1.82) is 0 Å². The highest BCUT2D eigenvalue weighted by atomic mass is 35.5. The summed E-state index contributed by atoms with van der Waals surface area (Å²) in [4.78, 5) is 16.4. The smallest absolute Gasteiger partial charge is 0.254 e. The first-order chi connectivity index (χ1) is 13.1. The number of nitrogens with one attached hydrogen (secondary N) is 1. The second kappa shape index (κ2) is 9.60. The van der Waals surface area contributed by atoms with Gasteiger partial charge in [-0.2, -0.15) is 5.10 Å². The quantitative estimate of drug-likeness (QED) is 0.611. The molecular formula is C20H22ClFN4O. The number of amides is 1. The molecule has 7 heteroatoms. The molecule has 2 aromatic rings. The lowest BCUT2D eigenvalue weighted by Crippen LogP contribution is -2.48. The Morgan fingerprint density at radius 2 is 1.74 bits per heavy atom. The van der Waals surface area contributed by atoms with E-state index in [4.69, 9.17) is 11.6 Å². The molecule has 142 valence electrons. The zero-order valence-corrected chi connectivity index (χ0v) is 15.7. The Balaban J connectivity index is 1.40. The lowest BCUT2D eigenvalue weighted by Gasteiger charge is -2.34. The topological polar surface area (TPSA) is 47.9 Å². The molecule has 1 N–H and O–H groups in total. The molecule has 27 heavy (non-hydrogen) atoms. The minimum Gasteiger partial charge on any atom is -0.296 e. The van der Waals surface area contributed by atoms with Crippen LogP contribution in [0.25, 0.3) is 0 Å². The second-order valence-corrected chi connectivity index (χ2v) is 6.87. The van der Waals surface area contributed by atoms with E-state index in [2.05, 4.69) is 20.3 Å². The van der Waals surface area contributed by atoms with Crippen molar-refractivity contribution < 1.29 is 9.18 Å². The predicted molar refractivity (Wildman–Crippen MR) is 105 cm³/mol. The van der Waals surface area contributed by atoms with Gasteiger partial charge in [-0.1, -0.05) is 48.0 Å². The molecule has 1 amide bonds. The van der Waals surface area contributed by atoms with Crippen molar-refractivity contribution in [3.63, 3.8) is 0 Å². The van der Waals surface area contributed by atoms with Crippen LogP contribution < -0.4 is 5.43 Å². The van der Waals surface area contributed by atoms with Crippen LogP contribution in [0, 0.1) is 5.82 Å². The van der Waals surface area contributed by atoms with Crippen LogP contribution in [0.2, 0.25) is 5.02 Å². The van der Waals surface area contributed by atoms with Gasteiger partial charge in [0.25, 0.3) is 5.91 Å². The fourth-order valence-electron chi connectivity index (χ4n) is 2.97. The van der Waals surface area contributed by atoms with Gasteiger partial charge in [0.2, 0.25) is 0 Å². The zero-order chi connectivity index (χ0) is 19.1. The molecule has 5 nitrogen and oxygen atoms in total. The Kier molecular flexibility index (Phi) is 6.92. The van der Waals surface area contributed by atoms with Crippen molar-refractivity contribution >= 4 is 23.7 Å². The van der Waals surface area contributed by atoms with Gasteiger partial charge in [0.05, 0.1) is 12.8 Å².